The van der Waals surface area contributed by atoms with Crippen LogP contribution in [0.4, 0.5) is 0 Å². The second kappa shape index (κ2) is 6.64. The van der Waals surface area contributed by atoms with Crippen molar-refractivity contribution < 1.29 is 14.6 Å². The lowest BCUT2D eigenvalue weighted by Gasteiger charge is -2.11. The molecule has 110 valence electrons. The second-order valence-corrected chi connectivity index (χ2v) is 5.24. The molecule has 2 rings (SSSR count). The van der Waals surface area contributed by atoms with Gasteiger partial charge in [0.2, 0.25) is 0 Å². The third kappa shape index (κ3) is 3.56. The number of halogens is 1. The number of aromatic carboxylic acids is 1. The van der Waals surface area contributed by atoms with Crippen molar-refractivity contribution in [3.8, 4) is 16.9 Å². The molecule has 0 amide bonds. The first-order chi connectivity index (χ1) is 10.0. The number of carboxylic acid groups (broad SMARTS) is 1. The van der Waals surface area contributed by atoms with E-state index in [1.807, 2.05) is 25.1 Å². The Morgan fingerprint density at radius 3 is 2.43 bits per heavy atom. The molecule has 3 nitrogen and oxygen atoms in total. The fourth-order valence-corrected chi connectivity index (χ4v) is 2.33. The van der Waals surface area contributed by atoms with Crippen molar-refractivity contribution >= 4 is 17.6 Å². The highest BCUT2D eigenvalue weighted by Crippen LogP contribution is 2.29. The van der Waals surface area contributed by atoms with Crippen LogP contribution < -0.4 is 4.74 Å². The minimum atomic E-state index is -1.02. The topological polar surface area (TPSA) is 46.5 Å². The zero-order chi connectivity index (χ0) is 15.4. The molecule has 0 aliphatic heterocycles. The Labute approximate surface area is 129 Å². The van der Waals surface area contributed by atoms with E-state index >= 15 is 0 Å². The van der Waals surface area contributed by atoms with E-state index in [1.165, 1.54) is 6.07 Å². The summed E-state index contributed by atoms with van der Waals surface area (Å²) in [4.78, 5) is 11.0. The van der Waals surface area contributed by atoms with Gasteiger partial charge in [-0.05, 0) is 54.3 Å². The van der Waals surface area contributed by atoms with E-state index in [1.54, 1.807) is 12.1 Å². The average Bonchev–Trinajstić information content (AvgIpc) is 2.45. The molecule has 0 saturated heterocycles. The Balaban J connectivity index is 2.32. The summed E-state index contributed by atoms with van der Waals surface area (Å²) in [5.41, 5.74) is 3.02. The van der Waals surface area contributed by atoms with Crippen molar-refractivity contribution in [2.45, 2.75) is 20.3 Å². The highest BCUT2D eigenvalue weighted by molar-refractivity contribution is 6.33. The lowest BCUT2D eigenvalue weighted by Crippen LogP contribution is -1.98. The standard InChI is InChI=1S/C17H17ClO3/c1-3-8-21-16-7-5-12(9-11(16)2)13-4-6-14(17(19)20)15(18)10-13/h4-7,9-10H,3,8H2,1-2H3,(H,19,20). The minimum Gasteiger partial charge on any atom is -0.493 e. The van der Waals surface area contributed by atoms with Gasteiger partial charge in [-0.1, -0.05) is 30.7 Å². The maximum atomic E-state index is 11.0. The van der Waals surface area contributed by atoms with Crippen molar-refractivity contribution in [2.24, 2.45) is 0 Å². The summed E-state index contributed by atoms with van der Waals surface area (Å²) in [6, 6.07) is 10.8. The quantitative estimate of drug-likeness (QED) is 0.863. The number of carbonyl (C=O) groups is 1. The summed E-state index contributed by atoms with van der Waals surface area (Å²) in [6.07, 6.45) is 0.966. The summed E-state index contributed by atoms with van der Waals surface area (Å²) in [7, 11) is 0. The smallest absolute Gasteiger partial charge is 0.337 e. The van der Waals surface area contributed by atoms with E-state index in [9.17, 15) is 4.79 Å². The normalized spacial score (nSPS) is 10.4. The molecule has 21 heavy (non-hydrogen) atoms. The molecule has 0 aliphatic rings. The Morgan fingerprint density at radius 1 is 1.19 bits per heavy atom. The molecule has 2 aromatic carbocycles. The Bertz CT molecular complexity index is 665. The van der Waals surface area contributed by atoms with Crippen molar-refractivity contribution in [3.63, 3.8) is 0 Å². The number of ether oxygens (including phenoxy) is 1. The molecule has 0 saturated carbocycles. The van der Waals surface area contributed by atoms with Crippen LogP contribution in [0.5, 0.6) is 5.75 Å². The van der Waals surface area contributed by atoms with Gasteiger partial charge >= 0.3 is 5.97 Å². The van der Waals surface area contributed by atoms with Crippen molar-refractivity contribution in [3.05, 3.63) is 52.5 Å². The zero-order valence-electron chi connectivity index (χ0n) is 12.0. The summed E-state index contributed by atoms with van der Waals surface area (Å²) < 4.78 is 5.65. The van der Waals surface area contributed by atoms with E-state index in [4.69, 9.17) is 21.4 Å². The highest BCUT2D eigenvalue weighted by atomic mass is 35.5. The average molecular weight is 305 g/mol. The van der Waals surface area contributed by atoms with Crippen LogP contribution in [0.25, 0.3) is 11.1 Å². The molecule has 0 atom stereocenters. The van der Waals surface area contributed by atoms with Crippen LogP contribution in [0.15, 0.2) is 36.4 Å². The molecule has 4 heteroatoms. The third-order valence-electron chi connectivity index (χ3n) is 3.17. The van der Waals surface area contributed by atoms with Gasteiger partial charge in [0.05, 0.1) is 17.2 Å². The maximum Gasteiger partial charge on any atom is 0.337 e. The Morgan fingerprint density at radius 2 is 1.86 bits per heavy atom. The summed E-state index contributed by atoms with van der Waals surface area (Å²) >= 11 is 6.01. The van der Waals surface area contributed by atoms with Crippen molar-refractivity contribution in [2.75, 3.05) is 6.61 Å². The van der Waals surface area contributed by atoms with Gasteiger partial charge in [-0.3, -0.25) is 0 Å². The van der Waals surface area contributed by atoms with Crippen LogP contribution in [0.2, 0.25) is 5.02 Å². The monoisotopic (exact) mass is 304 g/mol. The van der Waals surface area contributed by atoms with Gasteiger partial charge in [0, 0.05) is 0 Å². The molecular formula is C17H17ClO3. The molecule has 0 spiro atoms. The number of aryl methyl sites for hydroxylation is 1. The van der Waals surface area contributed by atoms with Crippen LogP contribution in [0.1, 0.15) is 29.3 Å². The fourth-order valence-electron chi connectivity index (χ4n) is 2.07. The van der Waals surface area contributed by atoms with Crippen LogP contribution in [0, 0.1) is 6.92 Å². The van der Waals surface area contributed by atoms with Gasteiger partial charge < -0.3 is 9.84 Å². The Kier molecular flexibility index (Phi) is 4.86. The van der Waals surface area contributed by atoms with Gasteiger partial charge in [-0.2, -0.15) is 0 Å². The number of hydrogen-bond donors (Lipinski definition) is 1. The molecule has 0 bridgehead atoms. The lowest BCUT2D eigenvalue weighted by atomic mass is 10.0. The molecule has 0 fully saturated rings. The lowest BCUT2D eigenvalue weighted by molar-refractivity contribution is 0.0697. The summed E-state index contributed by atoms with van der Waals surface area (Å²) in [5, 5.41) is 9.23. The molecule has 0 aliphatic carbocycles. The summed E-state index contributed by atoms with van der Waals surface area (Å²) in [6.45, 7) is 4.75. The molecule has 0 aromatic heterocycles. The van der Waals surface area contributed by atoms with E-state index in [0.717, 1.165) is 28.9 Å². The van der Waals surface area contributed by atoms with Crippen LogP contribution in [-0.4, -0.2) is 17.7 Å². The first-order valence-electron chi connectivity index (χ1n) is 6.79. The van der Waals surface area contributed by atoms with E-state index in [-0.39, 0.29) is 10.6 Å². The third-order valence-corrected chi connectivity index (χ3v) is 3.48. The molecule has 0 unspecified atom stereocenters. The van der Waals surface area contributed by atoms with Crippen LogP contribution >= 0.6 is 11.6 Å². The first-order valence-corrected chi connectivity index (χ1v) is 7.17. The van der Waals surface area contributed by atoms with Gasteiger partial charge in [0.15, 0.2) is 0 Å². The van der Waals surface area contributed by atoms with Crippen molar-refractivity contribution in [1.29, 1.82) is 0 Å². The van der Waals surface area contributed by atoms with Gasteiger partial charge in [-0.25, -0.2) is 4.79 Å². The minimum absolute atomic E-state index is 0.111. The highest BCUT2D eigenvalue weighted by Gasteiger charge is 2.10. The predicted octanol–water partition coefficient (Wildman–Crippen LogP) is 4.80. The fraction of sp³-hybridized carbons (Fsp3) is 0.235. The molecular weight excluding hydrogens is 288 g/mol. The molecule has 2 aromatic rings. The predicted molar refractivity (Wildman–Crippen MR) is 84.4 cm³/mol. The van der Waals surface area contributed by atoms with Crippen LogP contribution in [0.3, 0.4) is 0 Å². The van der Waals surface area contributed by atoms with E-state index < -0.39 is 5.97 Å². The van der Waals surface area contributed by atoms with Crippen LogP contribution in [-0.2, 0) is 0 Å². The molecule has 1 N–H and O–H groups in total. The number of rotatable bonds is 5. The van der Waals surface area contributed by atoms with Gasteiger partial charge in [0.25, 0.3) is 0 Å². The zero-order valence-corrected chi connectivity index (χ0v) is 12.8. The van der Waals surface area contributed by atoms with E-state index in [2.05, 4.69) is 6.92 Å². The van der Waals surface area contributed by atoms with Gasteiger partial charge in [-0.15, -0.1) is 0 Å². The molecule has 0 radical (unpaired) electrons. The molecule has 0 heterocycles. The van der Waals surface area contributed by atoms with E-state index in [0.29, 0.717) is 6.61 Å². The second-order valence-electron chi connectivity index (χ2n) is 4.83. The number of hydrogen-bond acceptors (Lipinski definition) is 2. The largest absolute Gasteiger partial charge is 0.493 e. The Hall–Kier alpha value is -2.00. The van der Waals surface area contributed by atoms with Crippen molar-refractivity contribution in [1.82, 2.24) is 0 Å². The number of carboxylic acids is 1. The maximum absolute atomic E-state index is 11.0. The SMILES string of the molecule is CCCOc1ccc(-c2ccc(C(=O)O)c(Cl)c2)cc1C. The number of benzene rings is 2. The van der Waals surface area contributed by atoms with Gasteiger partial charge in [0.1, 0.15) is 5.75 Å². The first kappa shape index (κ1) is 15.4. The summed E-state index contributed by atoms with van der Waals surface area (Å²) in [5.74, 6) is -0.153.